The third kappa shape index (κ3) is 11.5. The fourth-order valence-corrected chi connectivity index (χ4v) is 3.62. The van der Waals surface area contributed by atoms with E-state index in [1.54, 1.807) is 0 Å². The van der Waals surface area contributed by atoms with E-state index in [-0.39, 0.29) is 37.5 Å². The molecule has 0 radical (unpaired) electrons. The van der Waals surface area contributed by atoms with Crippen molar-refractivity contribution < 1.29 is 29.4 Å². The van der Waals surface area contributed by atoms with Crippen molar-refractivity contribution >= 4 is 29.7 Å². The zero-order valence-electron chi connectivity index (χ0n) is 21.4. The lowest BCUT2D eigenvalue weighted by Crippen LogP contribution is -2.54. The number of nitrogens with zero attached hydrogens (tertiary/aromatic N) is 1. The maximum Gasteiger partial charge on any atom is 0.326 e. The van der Waals surface area contributed by atoms with Gasteiger partial charge in [-0.3, -0.25) is 19.4 Å². The SMILES string of the molecule is NC(N)=NCCCC(NC(=O)CNC(=O)C(N)Cc1ccccc1)C(=O)NC(Cc1ccc(O)cc1)C(=O)O. The normalized spacial score (nSPS) is 12.8. The molecule has 11 N–H and O–H groups in total. The lowest BCUT2D eigenvalue weighted by molar-refractivity contribution is -0.142. The van der Waals surface area contributed by atoms with E-state index in [1.807, 2.05) is 30.3 Å². The Balaban J connectivity index is 1.99. The molecule has 0 aliphatic heterocycles. The number of guanidine groups is 1. The van der Waals surface area contributed by atoms with Crippen LogP contribution in [0.3, 0.4) is 0 Å². The van der Waals surface area contributed by atoms with E-state index in [0.717, 1.165) is 5.56 Å². The zero-order chi connectivity index (χ0) is 28.8. The van der Waals surface area contributed by atoms with Gasteiger partial charge in [0.15, 0.2) is 5.96 Å². The number of nitrogens with one attached hydrogen (secondary N) is 3. The van der Waals surface area contributed by atoms with Gasteiger partial charge in [0.1, 0.15) is 17.8 Å². The minimum Gasteiger partial charge on any atom is -0.508 e. The van der Waals surface area contributed by atoms with Crippen molar-refractivity contribution in [1.29, 1.82) is 0 Å². The molecule has 210 valence electrons. The monoisotopic (exact) mass is 541 g/mol. The Morgan fingerprint density at radius 1 is 0.846 bits per heavy atom. The van der Waals surface area contributed by atoms with Crippen LogP contribution in [0.5, 0.6) is 5.75 Å². The van der Waals surface area contributed by atoms with E-state index in [2.05, 4.69) is 20.9 Å². The number of hydrogen-bond acceptors (Lipinski definition) is 7. The number of aliphatic imine (C=N–C) groups is 1. The van der Waals surface area contributed by atoms with Crippen LogP contribution in [0.2, 0.25) is 0 Å². The number of amides is 3. The van der Waals surface area contributed by atoms with Gasteiger partial charge in [0, 0.05) is 13.0 Å². The molecule has 0 aromatic heterocycles. The van der Waals surface area contributed by atoms with Crippen LogP contribution in [0.1, 0.15) is 24.0 Å². The summed E-state index contributed by atoms with van der Waals surface area (Å²) in [5.41, 5.74) is 18.0. The number of carbonyl (C=O) groups is 4. The number of aliphatic carboxylic acids is 1. The largest absolute Gasteiger partial charge is 0.508 e. The van der Waals surface area contributed by atoms with Crippen LogP contribution in [0.15, 0.2) is 59.6 Å². The van der Waals surface area contributed by atoms with Crippen LogP contribution in [0.25, 0.3) is 0 Å². The van der Waals surface area contributed by atoms with Crippen LogP contribution in [-0.4, -0.2) is 71.1 Å². The average Bonchev–Trinajstić information content (AvgIpc) is 2.90. The summed E-state index contributed by atoms with van der Waals surface area (Å²) in [7, 11) is 0. The summed E-state index contributed by atoms with van der Waals surface area (Å²) in [6.07, 6.45) is 0.634. The fourth-order valence-electron chi connectivity index (χ4n) is 3.62. The van der Waals surface area contributed by atoms with Gasteiger partial charge in [0.2, 0.25) is 17.7 Å². The first-order chi connectivity index (χ1) is 18.5. The highest BCUT2D eigenvalue weighted by molar-refractivity contribution is 5.92. The molecule has 2 aromatic rings. The van der Waals surface area contributed by atoms with Crippen LogP contribution in [0, 0.1) is 0 Å². The lowest BCUT2D eigenvalue weighted by atomic mass is 10.0. The molecule has 13 heteroatoms. The standard InChI is InChI=1S/C26H35N7O6/c27-19(13-16-5-2-1-3-6-16)23(36)31-15-22(35)32-20(7-4-12-30-26(28)29)24(37)33-21(25(38)39)14-17-8-10-18(34)11-9-17/h1-3,5-6,8-11,19-21,34H,4,7,12-15,27H2,(H,31,36)(H,32,35)(H,33,37)(H,38,39)(H4,28,29,30). The number of benzene rings is 2. The first-order valence-corrected chi connectivity index (χ1v) is 12.3. The van der Waals surface area contributed by atoms with Gasteiger partial charge in [0.25, 0.3) is 0 Å². The van der Waals surface area contributed by atoms with E-state index in [9.17, 15) is 29.4 Å². The molecule has 0 spiro atoms. The molecule has 2 aromatic carbocycles. The molecule has 0 bridgehead atoms. The number of carboxylic acid groups (broad SMARTS) is 1. The van der Waals surface area contributed by atoms with Crippen molar-refractivity contribution in [3.05, 3.63) is 65.7 Å². The van der Waals surface area contributed by atoms with Crippen molar-refractivity contribution in [2.24, 2.45) is 22.2 Å². The van der Waals surface area contributed by atoms with Gasteiger partial charge in [0.05, 0.1) is 12.6 Å². The zero-order valence-corrected chi connectivity index (χ0v) is 21.4. The van der Waals surface area contributed by atoms with E-state index >= 15 is 0 Å². The summed E-state index contributed by atoms with van der Waals surface area (Å²) in [5, 5.41) is 26.5. The molecule has 3 unspecified atom stereocenters. The van der Waals surface area contributed by atoms with Crippen LogP contribution < -0.4 is 33.2 Å². The number of hydrogen-bond donors (Lipinski definition) is 8. The molecule has 0 aliphatic rings. The number of phenolic OH excluding ortho intramolecular Hbond substituents is 1. The van der Waals surface area contributed by atoms with Crippen LogP contribution in [-0.2, 0) is 32.0 Å². The predicted octanol–water partition coefficient (Wildman–Crippen LogP) is -1.27. The quantitative estimate of drug-likeness (QED) is 0.0761. The minimum absolute atomic E-state index is 0.0197. The number of carboxylic acids is 1. The Morgan fingerprint density at radius 3 is 2.10 bits per heavy atom. The molecule has 0 aliphatic carbocycles. The van der Waals surface area contributed by atoms with E-state index in [1.165, 1.54) is 24.3 Å². The highest BCUT2D eigenvalue weighted by atomic mass is 16.4. The van der Waals surface area contributed by atoms with Crippen molar-refractivity contribution in [1.82, 2.24) is 16.0 Å². The topological polar surface area (TPSA) is 235 Å². The van der Waals surface area contributed by atoms with Gasteiger partial charge in [-0.25, -0.2) is 4.79 Å². The average molecular weight is 542 g/mol. The molecule has 3 amide bonds. The molecule has 39 heavy (non-hydrogen) atoms. The van der Waals surface area contributed by atoms with Crippen molar-refractivity contribution in [2.75, 3.05) is 13.1 Å². The van der Waals surface area contributed by atoms with Gasteiger partial charge >= 0.3 is 5.97 Å². The lowest BCUT2D eigenvalue weighted by Gasteiger charge is -2.22. The Labute approximate surface area is 225 Å². The summed E-state index contributed by atoms with van der Waals surface area (Å²) >= 11 is 0. The van der Waals surface area contributed by atoms with Gasteiger partial charge in [-0.15, -0.1) is 0 Å². The first-order valence-electron chi connectivity index (χ1n) is 12.3. The molecule has 2 rings (SSSR count). The molecular weight excluding hydrogens is 506 g/mol. The maximum absolute atomic E-state index is 13.0. The molecule has 0 fully saturated rings. The Bertz CT molecular complexity index is 1140. The second-order valence-electron chi connectivity index (χ2n) is 8.85. The minimum atomic E-state index is -1.30. The number of aromatic hydroxyl groups is 1. The van der Waals surface area contributed by atoms with E-state index in [4.69, 9.17) is 17.2 Å². The Kier molecular flexibility index (Phi) is 12.2. The first kappa shape index (κ1) is 30.6. The third-order valence-electron chi connectivity index (χ3n) is 5.65. The molecule has 0 saturated heterocycles. The number of nitrogens with two attached hydrogens (primary N) is 3. The second-order valence-corrected chi connectivity index (χ2v) is 8.85. The summed E-state index contributed by atoms with van der Waals surface area (Å²) in [6, 6.07) is 11.7. The van der Waals surface area contributed by atoms with Gasteiger partial charge in [-0.1, -0.05) is 42.5 Å². The highest BCUT2D eigenvalue weighted by Crippen LogP contribution is 2.12. The summed E-state index contributed by atoms with van der Waals surface area (Å²) in [4.78, 5) is 53.6. The summed E-state index contributed by atoms with van der Waals surface area (Å²) in [6.45, 7) is -0.252. The van der Waals surface area contributed by atoms with Crippen molar-refractivity contribution in [2.45, 2.75) is 43.8 Å². The molecule has 3 atom stereocenters. The molecule has 0 heterocycles. The maximum atomic E-state index is 13.0. The van der Waals surface area contributed by atoms with E-state index < -0.39 is 48.4 Å². The summed E-state index contributed by atoms with van der Waals surface area (Å²) in [5.74, 6) is -3.32. The smallest absolute Gasteiger partial charge is 0.326 e. The van der Waals surface area contributed by atoms with Crippen LogP contribution in [0.4, 0.5) is 0 Å². The third-order valence-corrected chi connectivity index (χ3v) is 5.65. The van der Waals surface area contributed by atoms with Gasteiger partial charge in [-0.2, -0.15) is 0 Å². The summed E-state index contributed by atoms with van der Waals surface area (Å²) < 4.78 is 0. The number of phenols is 1. The predicted molar refractivity (Wildman–Crippen MR) is 144 cm³/mol. The van der Waals surface area contributed by atoms with Gasteiger partial charge in [-0.05, 0) is 42.5 Å². The fraction of sp³-hybridized carbons (Fsp3) is 0.346. The molecule has 13 nitrogen and oxygen atoms in total. The second kappa shape index (κ2) is 15.6. The van der Waals surface area contributed by atoms with Crippen LogP contribution >= 0.6 is 0 Å². The number of rotatable bonds is 15. The van der Waals surface area contributed by atoms with E-state index in [0.29, 0.717) is 12.0 Å². The van der Waals surface area contributed by atoms with Gasteiger partial charge < -0.3 is 43.4 Å². The highest BCUT2D eigenvalue weighted by Gasteiger charge is 2.27. The van der Waals surface area contributed by atoms with Crippen molar-refractivity contribution in [3.63, 3.8) is 0 Å². The Hall–Kier alpha value is -4.65. The molecular formula is C26H35N7O6. The Morgan fingerprint density at radius 2 is 1.49 bits per heavy atom. The molecule has 0 saturated carbocycles. The van der Waals surface area contributed by atoms with Crippen molar-refractivity contribution in [3.8, 4) is 5.75 Å². The number of carbonyl (C=O) groups excluding carboxylic acids is 3.